The first-order chi connectivity index (χ1) is 10.9. The smallest absolute Gasteiger partial charge is 0.419 e. The molecule has 0 unspecified atom stereocenters. The zero-order valence-electron chi connectivity index (χ0n) is 12.3. The minimum absolute atomic E-state index is 0.0146. The molecule has 1 aliphatic heterocycles. The number of nitrogens with one attached hydrogen (secondary N) is 1. The van der Waals surface area contributed by atoms with E-state index in [1.807, 2.05) is 5.32 Å². The van der Waals surface area contributed by atoms with Gasteiger partial charge in [-0.2, -0.15) is 13.2 Å². The predicted octanol–water partition coefficient (Wildman–Crippen LogP) is 3.12. The zero-order valence-corrected chi connectivity index (χ0v) is 12.3. The number of carbonyl (C=O) groups excluding carboxylic acids is 2. The van der Waals surface area contributed by atoms with Gasteiger partial charge in [0.25, 0.3) is 5.79 Å². The molecule has 0 bridgehead atoms. The molecule has 0 aromatic heterocycles. The average molecular weight is 351 g/mol. The molecule has 130 valence electrons. The summed E-state index contributed by atoms with van der Waals surface area (Å²) in [5.74, 6) is -6.93. The van der Waals surface area contributed by atoms with E-state index < -0.39 is 52.4 Å². The molecule has 5 nitrogen and oxygen atoms in total. The largest absolute Gasteiger partial charge is 0.419 e. The van der Waals surface area contributed by atoms with Crippen LogP contribution in [0.2, 0.25) is 0 Å². The molecule has 0 spiro atoms. The third kappa shape index (κ3) is 3.63. The highest BCUT2D eigenvalue weighted by atomic mass is 19.4. The molecule has 0 amide bonds. The Balaban J connectivity index is 2.34. The van der Waals surface area contributed by atoms with Crippen LogP contribution in [0.5, 0.6) is 0 Å². The number of alkyl halides is 3. The number of benzene rings is 1. The normalized spacial score (nSPS) is 17.2. The Morgan fingerprint density at radius 3 is 2.12 bits per heavy atom. The molecule has 2 rings (SSSR count). The van der Waals surface area contributed by atoms with E-state index in [9.17, 15) is 31.5 Å². The third-order valence-electron chi connectivity index (χ3n) is 2.83. The Kier molecular flexibility index (Phi) is 4.25. The number of rotatable bonds is 2. The molecule has 1 aliphatic rings. The predicted molar refractivity (Wildman–Crippen MR) is 69.3 cm³/mol. The van der Waals surface area contributed by atoms with Gasteiger partial charge in [-0.25, -0.2) is 18.4 Å². The lowest BCUT2D eigenvalue weighted by atomic mass is 10.1. The minimum atomic E-state index is -5.12. The fraction of sp³-hybridized carbons (Fsp3) is 0.286. The van der Waals surface area contributed by atoms with Crippen LogP contribution in [0, 0.1) is 11.6 Å². The second-order valence-electron chi connectivity index (χ2n) is 5.19. The summed E-state index contributed by atoms with van der Waals surface area (Å²) in [6.07, 6.45) is -4.54. The van der Waals surface area contributed by atoms with Gasteiger partial charge in [0.15, 0.2) is 11.4 Å². The summed E-state index contributed by atoms with van der Waals surface area (Å²) in [5, 5.41) is 1.95. The number of esters is 2. The molecule has 1 N–H and O–H groups in total. The van der Waals surface area contributed by atoms with E-state index in [0.29, 0.717) is 12.3 Å². The Morgan fingerprint density at radius 2 is 1.62 bits per heavy atom. The Labute approximate surface area is 132 Å². The van der Waals surface area contributed by atoms with Crippen molar-refractivity contribution in [1.29, 1.82) is 0 Å². The fourth-order valence-electron chi connectivity index (χ4n) is 1.83. The number of ether oxygens (including phenoxy) is 2. The second-order valence-corrected chi connectivity index (χ2v) is 5.19. The highest BCUT2D eigenvalue weighted by Crippen LogP contribution is 2.35. The molecular weight excluding hydrogens is 341 g/mol. The summed E-state index contributed by atoms with van der Waals surface area (Å²) in [6, 6.07) is 0.421. The average Bonchev–Trinajstić information content (AvgIpc) is 2.38. The number of cyclic esters (lactones) is 2. The summed E-state index contributed by atoms with van der Waals surface area (Å²) in [4.78, 5) is 23.3. The molecule has 0 aliphatic carbocycles. The van der Waals surface area contributed by atoms with E-state index in [-0.39, 0.29) is 6.07 Å². The standard InChI is InChI=1S/C14H10F5NO4/c1-13(2)23-11(21)7(12(22)24-13)5-20-9-4-6(15)3-8(10(9)16)14(17,18)19/h3-5,20H,1-2H3. The van der Waals surface area contributed by atoms with E-state index >= 15 is 0 Å². The lowest BCUT2D eigenvalue weighted by Crippen LogP contribution is -2.42. The lowest BCUT2D eigenvalue weighted by molar-refractivity contribution is -0.222. The fourth-order valence-corrected chi connectivity index (χ4v) is 1.83. The first-order valence-electron chi connectivity index (χ1n) is 6.40. The van der Waals surface area contributed by atoms with Crippen LogP contribution in [-0.4, -0.2) is 17.7 Å². The van der Waals surface area contributed by atoms with Crippen molar-refractivity contribution in [2.45, 2.75) is 25.8 Å². The van der Waals surface area contributed by atoms with Crippen molar-refractivity contribution in [1.82, 2.24) is 0 Å². The maximum absolute atomic E-state index is 13.8. The molecule has 24 heavy (non-hydrogen) atoms. The number of carbonyl (C=O) groups is 2. The van der Waals surface area contributed by atoms with Crippen molar-refractivity contribution in [2.75, 3.05) is 5.32 Å². The monoisotopic (exact) mass is 351 g/mol. The van der Waals surface area contributed by atoms with Crippen molar-refractivity contribution in [3.63, 3.8) is 0 Å². The Hall–Kier alpha value is -2.65. The lowest BCUT2D eigenvalue weighted by Gasteiger charge is -2.29. The highest BCUT2D eigenvalue weighted by Gasteiger charge is 2.39. The number of hydrogen-bond acceptors (Lipinski definition) is 5. The van der Waals surface area contributed by atoms with Gasteiger partial charge >= 0.3 is 18.1 Å². The molecule has 0 radical (unpaired) electrons. The van der Waals surface area contributed by atoms with Crippen LogP contribution in [-0.2, 0) is 25.2 Å². The molecule has 0 atom stereocenters. The maximum Gasteiger partial charge on any atom is 0.419 e. The van der Waals surface area contributed by atoms with Crippen LogP contribution in [0.3, 0.4) is 0 Å². The van der Waals surface area contributed by atoms with E-state index in [2.05, 4.69) is 0 Å². The number of halogens is 5. The molecule has 1 saturated heterocycles. The first kappa shape index (κ1) is 17.7. The quantitative estimate of drug-likeness (QED) is 0.384. The summed E-state index contributed by atoms with van der Waals surface area (Å²) < 4.78 is 74.4. The van der Waals surface area contributed by atoms with Crippen LogP contribution in [0.1, 0.15) is 19.4 Å². The van der Waals surface area contributed by atoms with Crippen LogP contribution in [0.25, 0.3) is 0 Å². The van der Waals surface area contributed by atoms with Gasteiger partial charge in [-0.1, -0.05) is 0 Å². The summed E-state index contributed by atoms with van der Waals surface area (Å²) in [5.41, 5.74) is -3.47. The summed E-state index contributed by atoms with van der Waals surface area (Å²) >= 11 is 0. The SMILES string of the molecule is CC1(C)OC(=O)C(=CNc2cc(F)cc(C(F)(F)F)c2F)C(=O)O1. The topological polar surface area (TPSA) is 64.6 Å². The molecule has 1 heterocycles. The molecular formula is C14H10F5NO4. The molecule has 1 fully saturated rings. The van der Waals surface area contributed by atoms with E-state index in [0.717, 1.165) is 0 Å². The van der Waals surface area contributed by atoms with Crippen molar-refractivity contribution in [3.8, 4) is 0 Å². The van der Waals surface area contributed by atoms with Gasteiger partial charge in [0, 0.05) is 26.1 Å². The number of hydrogen-bond donors (Lipinski definition) is 1. The van der Waals surface area contributed by atoms with Gasteiger partial charge in [0.05, 0.1) is 11.3 Å². The van der Waals surface area contributed by atoms with Crippen LogP contribution >= 0.6 is 0 Å². The van der Waals surface area contributed by atoms with Crippen molar-refractivity contribution < 1.29 is 41.0 Å². The highest BCUT2D eigenvalue weighted by molar-refractivity contribution is 6.15. The summed E-state index contributed by atoms with van der Waals surface area (Å²) in [7, 11) is 0. The molecule has 0 saturated carbocycles. The van der Waals surface area contributed by atoms with Gasteiger partial charge in [-0.15, -0.1) is 0 Å². The van der Waals surface area contributed by atoms with E-state index in [1.165, 1.54) is 13.8 Å². The van der Waals surface area contributed by atoms with Gasteiger partial charge in [0.1, 0.15) is 5.82 Å². The molecule has 1 aromatic rings. The summed E-state index contributed by atoms with van der Waals surface area (Å²) in [6.45, 7) is 2.57. The number of anilines is 1. The first-order valence-corrected chi connectivity index (χ1v) is 6.40. The molecule has 10 heteroatoms. The Bertz CT molecular complexity index is 717. The van der Waals surface area contributed by atoms with Crippen molar-refractivity contribution in [3.05, 3.63) is 41.1 Å². The maximum atomic E-state index is 13.8. The van der Waals surface area contributed by atoms with Crippen molar-refractivity contribution >= 4 is 17.6 Å². The zero-order chi connectivity index (χ0) is 18.3. The van der Waals surface area contributed by atoms with Crippen molar-refractivity contribution in [2.24, 2.45) is 0 Å². The van der Waals surface area contributed by atoms with Crippen LogP contribution < -0.4 is 5.32 Å². The minimum Gasteiger partial charge on any atom is -0.419 e. The second kappa shape index (κ2) is 5.77. The van der Waals surface area contributed by atoms with Crippen LogP contribution in [0.4, 0.5) is 27.6 Å². The van der Waals surface area contributed by atoms with E-state index in [4.69, 9.17) is 9.47 Å². The van der Waals surface area contributed by atoms with Gasteiger partial charge in [-0.3, -0.25) is 0 Å². The Morgan fingerprint density at radius 1 is 1.08 bits per heavy atom. The van der Waals surface area contributed by atoms with E-state index in [1.54, 1.807) is 0 Å². The van der Waals surface area contributed by atoms with Gasteiger partial charge in [0.2, 0.25) is 0 Å². The van der Waals surface area contributed by atoms with Crippen LogP contribution in [0.15, 0.2) is 23.9 Å². The third-order valence-corrected chi connectivity index (χ3v) is 2.83. The van der Waals surface area contributed by atoms with Gasteiger partial charge in [-0.05, 0) is 6.07 Å². The molecule has 1 aromatic carbocycles. The van der Waals surface area contributed by atoms with Gasteiger partial charge < -0.3 is 14.8 Å².